The molecule has 2 heterocycles. The minimum Gasteiger partial charge on any atom is -0.378 e. The Balaban J connectivity index is 1.49. The molecule has 3 aromatic rings. The highest BCUT2D eigenvalue weighted by Gasteiger charge is 2.30. The van der Waals surface area contributed by atoms with Crippen molar-refractivity contribution in [3.63, 3.8) is 0 Å². The van der Waals surface area contributed by atoms with Crippen molar-refractivity contribution in [3.8, 4) is 11.1 Å². The molecule has 1 saturated heterocycles. The number of alkyl halides is 3. The molecular weight excluding hydrogens is 419 g/mol. The number of benzene rings is 2. The summed E-state index contributed by atoms with van der Waals surface area (Å²) in [5, 5.41) is 2.83. The first-order chi connectivity index (χ1) is 15.3. The molecule has 166 valence electrons. The minimum absolute atomic E-state index is 0.313. The predicted octanol–water partition coefficient (Wildman–Crippen LogP) is 5.16. The van der Waals surface area contributed by atoms with E-state index in [1.165, 1.54) is 12.3 Å². The second-order valence-corrected chi connectivity index (χ2v) is 7.57. The second kappa shape index (κ2) is 9.00. The average Bonchev–Trinajstić information content (AvgIpc) is 2.79. The number of aryl methyl sites for hydroxylation is 1. The molecule has 0 saturated carbocycles. The van der Waals surface area contributed by atoms with Gasteiger partial charge in [0.1, 0.15) is 5.82 Å². The molecule has 32 heavy (non-hydrogen) atoms. The van der Waals surface area contributed by atoms with Crippen LogP contribution >= 0.6 is 0 Å². The van der Waals surface area contributed by atoms with Gasteiger partial charge in [0.15, 0.2) is 0 Å². The molecule has 0 bridgehead atoms. The molecule has 1 aromatic heterocycles. The Labute approximate surface area is 183 Å². The number of aromatic nitrogens is 1. The lowest BCUT2D eigenvalue weighted by Gasteiger charge is -2.27. The van der Waals surface area contributed by atoms with Gasteiger partial charge >= 0.3 is 6.18 Å². The fraction of sp³-hybridized carbons (Fsp3) is 0.250. The normalized spacial score (nSPS) is 14.3. The monoisotopic (exact) mass is 441 g/mol. The molecule has 1 amide bonds. The van der Waals surface area contributed by atoms with Crippen molar-refractivity contribution >= 4 is 17.4 Å². The number of ether oxygens (including phenoxy) is 1. The van der Waals surface area contributed by atoms with Gasteiger partial charge in [0.2, 0.25) is 0 Å². The maximum absolute atomic E-state index is 12.9. The van der Waals surface area contributed by atoms with E-state index in [2.05, 4.69) is 15.2 Å². The Morgan fingerprint density at radius 2 is 1.84 bits per heavy atom. The Morgan fingerprint density at radius 1 is 1.06 bits per heavy atom. The molecule has 1 aliphatic rings. The standard InChI is InChI=1S/C24H22F3N3O2/c1-16-13-19(24(25,26)27)6-7-21(16)17-3-2-4-20(14-17)29-23(31)18-5-8-22(28-15-18)30-9-11-32-12-10-30/h2-8,13-15H,9-12H2,1H3,(H,29,31). The van der Waals surface area contributed by atoms with E-state index < -0.39 is 11.7 Å². The first-order valence-corrected chi connectivity index (χ1v) is 10.2. The largest absolute Gasteiger partial charge is 0.416 e. The number of hydrogen-bond acceptors (Lipinski definition) is 4. The summed E-state index contributed by atoms with van der Waals surface area (Å²) in [6.07, 6.45) is -2.85. The summed E-state index contributed by atoms with van der Waals surface area (Å²) in [7, 11) is 0. The number of nitrogens with zero attached hydrogens (tertiary/aromatic N) is 2. The van der Waals surface area contributed by atoms with Gasteiger partial charge in [-0.3, -0.25) is 4.79 Å². The van der Waals surface area contributed by atoms with Crippen molar-refractivity contribution in [1.29, 1.82) is 0 Å². The lowest BCUT2D eigenvalue weighted by atomic mass is 9.98. The van der Waals surface area contributed by atoms with Gasteiger partial charge in [-0.15, -0.1) is 0 Å². The van der Waals surface area contributed by atoms with E-state index in [4.69, 9.17) is 4.74 Å². The minimum atomic E-state index is -4.38. The van der Waals surface area contributed by atoms with Crippen molar-refractivity contribution in [1.82, 2.24) is 4.98 Å². The summed E-state index contributed by atoms with van der Waals surface area (Å²) in [5.74, 6) is 0.483. The van der Waals surface area contributed by atoms with Crippen molar-refractivity contribution in [2.75, 3.05) is 36.5 Å². The number of anilines is 2. The van der Waals surface area contributed by atoms with E-state index in [0.29, 0.717) is 35.6 Å². The summed E-state index contributed by atoms with van der Waals surface area (Å²) in [4.78, 5) is 19.1. The highest BCUT2D eigenvalue weighted by atomic mass is 19.4. The van der Waals surface area contributed by atoms with Crippen molar-refractivity contribution in [3.05, 3.63) is 77.5 Å². The Bertz CT molecular complexity index is 1110. The lowest BCUT2D eigenvalue weighted by Crippen LogP contribution is -2.36. The van der Waals surface area contributed by atoms with Crippen LogP contribution in [0.5, 0.6) is 0 Å². The summed E-state index contributed by atoms with van der Waals surface area (Å²) < 4.78 is 44.2. The SMILES string of the molecule is Cc1cc(C(F)(F)F)ccc1-c1cccc(NC(=O)c2ccc(N3CCOCC3)nc2)c1. The topological polar surface area (TPSA) is 54.5 Å². The Kier molecular flexibility index (Phi) is 6.14. The number of hydrogen-bond donors (Lipinski definition) is 1. The number of morpholine rings is 1. The second-order valence-electron chi connectivity index (χ2n) is 7.57. The summed E-state index contributed by atoms with van der Waals surface area (Å²) in [6.45, 7) is 4.46. The van der Waals surface area contributed by atoms with E-state index in [1.807, 2.05) is 6.07 Å². The molecular formula is C24H22F3N3O2. The molecule has 1 aliphatic heterocycles. The van der Waals surface area contributed by atoms with Gasteiger partial charge in [-0.1, -0.05) is 18.2 Å². The quantitative estimate of drug-likeness (QED) is 0.607. The third kappa shape index (κ3) is 4.91. The van der Waals surface area contributed by atoms with Gasteiger partial charge in [0, 0.05) is 25.0 Å². The van der Waals surface area contributed by atoms with Crippen molar-refractivity contribution < 1.29 is 22.7 Å². The van der Waals surface area contributed by atoms with Crippen LogP contribution in [0, 0.1) is 6.92 Å². The van der Waals surface area contributed by atoms with Crippen LogP contribution in [0.25, 0.3) is 11.1 Å². The fourth-order valence-corrected chi connectivity index (χ4v) is 3.63. The van der Waals surface area contributed by atoms with E-state index >= 15 is 0 Å². The first kappa shape index (κ1) is 21.8. The Hall–Kier alpha value is -3.39. The number of carbonyl (C=O) groups excluding carboxylic acids is 1. The number of halogens is 3. The zero-order valence-electron chi connectivity index (χ0n) is 17.4. The maximum Gasteiger partial charge on any atom is 0.416 e. The molecule has 0 spiro atoms. The number of pyridine rings is 1. The highest BCUT2D eigenvalue weighted by molar-refractivity contribution is 6.04. The van der Waals surface area contributed by atoms with Crippen LogP contribution in [0.3, 0.4) is 0 Å². The van der Waals surface area contributed by atoms with Crippen molar-refractivity contribution in [2.24, 2.45) is 0 Å². The van der Waals surface area contributed by atoms with Crippen LogP contribution < -0.4 is 10.2 Å². The van der Waals surface area contributed by atoms with Gasteiger partial charge in [0.05, 0.1) is 24.3 Å². The summed E-state index contributed by atoms with van der Waals surface area (Å²) in [6, 6.07) is 14.2. The van der Waals surface area contributed by atoms with Crippen LogP contribution in [0.4, 0.5) is 24.7 Å². The molecule has 1 N–H and O–H groups in total. The van der Waals surface area contributed by atoms with Gasteiger partial charge in [-0.2, -0.15) is 13.2 Å². The van der Waals surface area contributed by atoms with E-state index in [-0.39, 0.29) is 5.91 Å². The van der Waals surface area contributed by atoms with Gasteiger partial charge < -0.3 is 15.0 Å². The number of amides is 1. The van der Waals surface area contributed by atoms with Crippen LogP contribution in [0.15, 0.2) is 60.8 Å². The third-order valence-corrected chi connectivity index (χ3v) is 5.33. The molecule has 2 aromatic carbocycles. The molecule has 0 radical (unpaired) electrons. The third-order valence-electron chi connectivity index (χ3n) is 5.33. The number of carbonyl (C=O) groups is 1. The van der Waals surface area contributed by atoms with Crippen molar-refractivity contribution in [2.45, 2.75) is 13.1 Å². The maximum atomic E-state index is 12.9. The van der Waals surface area contributed by atoms with Gasteiger partial charge in [-0.05, 0) is 60.0 Å². The predicted molar refractivity (Wildman–Crippen MR) is 117 cm³/mol. The molecule has 5 nitrogen and oxygen atoms in total. The van der Waals surface area contributed by atoms with E-state index in [0.717, 1.165) is 36.6 Å². The molecule has 0 unspecified atom stereocenters. The summed E-state index contributed by atoms with van der Waals surface area (Å²) >= 11 is 0. The van der Waals surface area contributed by atoms with Crippen LogP contribution in [0.1, 0.15) is 21.5 Å². The molecule has 4 rings (SSSR count). The zero-order valence-corrected chi connectivity index (χ0v) is 17.4. The lowest BCUT2D eigenvalue weighted by molar-refractivity contribution is -0.137. The fourth-order valence-electron chi connectivity index (χ4n) is 3.63. The van der Waals surface area contributed by atoms with E-state index in [1.54, 1.807) is 37.3 Å². The van der Waals surface area contributed by atoms with Crippen LogP contribution in [-0.4, -0.2) is 37.2 Å². The first-order valence-electron chi connectivity index (χ1n) is 10.2. The zero-order chi connectivity index (χ0) is 22.7. The average molecular weight is 441 g/mol. The highest BCUT2D eigenvalue weighted by Crippen LogP contribution is 2.33. The number of nitrogens with one attached hydrogen (secondary N) is 1. The van der Waals surface area contributed by atoms with Gasteiger partial charge in [-0.25, -0.2) is 4.98 Å². The Morgan fingerprint density at radius 3 is 2.50 bits per heavy atom. The van der Waals surface area contributed by atoms with E-state index in [9.17, 15) is 18.0 Å². The molecule has 1 fully saturated rings. The van der Waals surface area contributed by atoms with Crippen LogP contribution in [-0.2, 0) is 10.9 Å². The van der Waals surface area contributed by atoms with Crippen LogP contribution in [0.2, 0.25) is 0 Å². The molecule has 8 heteroatoms. The molecule has 0 aliphatic carbocycles. The smallest absolute Gasteiger partial charge is 0.378 e. The molecule has 0 atom stereocenters. The van der Waals surface area contributed by atoms with Gasteiger partial charge in [0.25, 0.3) is 5.91 Å². The number of rotatable bonds is 4. The summed E-state index contributed by atoms with van der Waals surface area (Å²) in [5.41, 5.74) is 2.17.